The van der Waals surface area contributed by atoms with Crippen LogP contribution in [-0.2, 0) is 6.42 Å². The van der Waals surface area contributed by atoms with Crippen LogP contribution in [0.1, 0.15) is 18.1 Å². The molecule has 0 saturated heterocycles. The largest absolute Gasteiger partial charge is 0.454 e. The molecule has 0 aliphatic rings. The molecule has 0 fully saturated rings. The third-order valence-electron chi connectivity index (χ3n) is 2.63. The van der Waals surface area contributed by atoms with Crippen molar-refractivity contribution in [2.45, 2.75) is 13.3 Å². The average Bonchev–Trinajstić information content (AvgIpc) is 2.41. The quantitative estimate of drug-likeness (QED) is 0.812. The van der Waals surface area contributed by atoms with E-state index in [1.165, 1.54) is 18.2 Å². The van der Waals surface area contributed by atoms with Crippen molar-refractivity contribution in [2.24, 2.45) is 0 Å². The fourth-order valence-corrected chi connectivity index (χ4v) is 1.67. The van der Waals surface area contributed by atoms with Gasteiger partial charge in [-0.3, -0.25) is 0 Å². The monoisotopic (exact) mass is 241 g/mol. The lowest BCUT2D eigenvalue weighted by molar-refractivity contribution is 0.438. The summed E-state index contributed by atoms with van der Waals surface area (Å²) in [7, 11) is 0. The van der Waals surface area contributed by atoms with Gasteiger partial charge in [0.05, 0.1) is 11.6 Å². The Balaban J connectivity index is 2.32. The molecule has 0 unspecified atom stereocenters. The molecule has 18 heavy (non-hydrogen) atoms. The summed E-state index contributed by atoms with van der Waals surface area (Å²) in [5.41, 5.74) is 1.30. The fraction of sp³-hybridized carbons (Fsp3) is 0.133. The summed E-state index contributed by atoms with van der Waals surface area (Å²) in [5, 5.41) is 8.67. The smallest absolute Gasteiger partial charge is 0.167 e. The van der Waals surface area contributed by atoms with Crippen molar-refractivity contribution in [1.29, 1.82) is 5.26 Å². The van der Waals surface area contributed by atoms with Crippen molar-refractivity contribution in [3.05, 3.63) is 59.4 Å². The molecule has 2 aromatic rings. The molecular formula is C15H12FNO. The number of para-hydroxylation sites is 1. The Kier molecular flexibility index (Phi) is 3.59. The highest BCUT2D eigenvalue weighted by molar-refractivity contribution is 5.41. The normalized spacial score (nSPS) is 9.83. The number of rotatable bonds is 3. The summed E-state index contributed by atoms with van der Waals surface area (Å²) in [6.07, 6.45) is 0.814. The molecule has 0 spiro atoms. The molecule has 0 amide bonds. The molecule has 2 rings (SSSR count). The number of aryl methyl sites for hydroxylation is 1. The van der Waals surface area contributed by atoms with E-state index in [1.807, 2.05) is 31.2 Å². The highest BCUT2D eigenvalue weighted by atomic mass is 19.1. The van der Waals surface area contributed by atoms with E-state index in [0.29, 0.717) is 5.75 Å². The number of nitrogens with zero attached hydrogens (tertiary/aromatic N) is 1. The third-order valence-corrected chi connectivity index (χ3v) is 2.63. The van der Waals surface area contributed by atoms with E-state index >= 15 is 0 Å². The molecule has 0 radical (unpaired) electrons. The predicted molar refractivity (Wildman–Crippen MR) is 67.0 cm³/mol. The molecule has 0 aliphatic carbocycles. The Morgan fingerprint density at radius 3 is 2.61 bits per heavy atom. The molecule has 2 nitrogen and oxygen atoms in total. The maximum absolute atomic E-state index is 13.7. The summed E-state index contributed by atoms with van der Waals surface area (Å²) < 4.78 is 19.2. The highest BCUT2D eigenvalue weighted by Crippen LogP contribution is 2.28. The van der Waals surface area contributed by atoms with E-state index in [-0.39, 0.29) is 11.3 Å². The van der Waals surface area contributed by atoms with Crippen molar-refractivity contribution in [1.82, 2.24) is 0 Å². The molecule has 3 heteroatoms. The Labute approximate surface area is 105 Å². The first-order chi connectivity index (χ1) is 8.74. The number of nitriles is 1. The van der Waals surface area contributed by atoms with E-state index in [1.54, 1.807) is 6.07 Å². The summed E-state index contributed by atoms with van der Waals surface area (Å²) in [4.78, 5) is 0. The van der Waals surface area contributed by atoms with E-state index in [0.717, 1.165) is 12.0 Å². The zero-order valence-corrected chi connectivity index (χ0v) is 9.98. The van der Waals surface area contributed by atoms with Crippen molar-refractivity contribution in [3.8, 4) is 17.6 Å². The molecular weight excluding hydrogens is 229 g/mol. The number of hydrogen-bond donors (Lipinski definition) is 0. The van der Waals surface area contributed by atoms with E-state index in [2.05, 4.69) is 0 Å². The Morgan fingerprint density at radius 1 is 1.17 bits per heavy atom. The van der Waals surface area contributed by atoms with Crippen molar-refractivity contribution < 1.29 is 9.13 Å². The van der Waals surface area contributed by atoms with Crippen molar-refractivity contribution in [2.75, 3.05) is 0 Å². The van der Waals surface area contributed by atoms with E-state index in [4.69, 9.17) is 10.00 Å². The summed E-state index contributed by atoms with van der Waals surface area (Å²) in [5.74, 6) is 0.249. The van der Waals surface area contributed by atoms with Crippen LogP contribution in [0.15, 0.2) is 42.5 Å². The number of hydrogen-bond acceptors (Lipinski definition) is 2. The lowest BCUT2D eigenvalue weighted by atomic mass is 10.1. The molecule has 90 valence electrons. The summed E-state index contributed by atoms with van der Waals surface area (Å²) in [6, 6.07) is 13.6. The van der Waals surface area contributed by atoms with Gasteiger partial charge in [-0.1, -0.05) is 25.1 Å². The van der Waals surface area contributed by atoms with E-state index in [9.17, 15) is 4.39 Å². The van der Waals surface area contributed by atoms with Gasteiger partial charge in [-0.15, -0.1) is 0 Å². The molecule has 0 aliphatic heterocycles. The van der Waals surface area contributed by atoms with Gasteiger partial charge in [-0.25, -0.2) is 4.39 Å². The van der Waals surface area contributed by atoms with Crippen LogP contribution in [-0.4, -0.2) is 0 Å². The molecule has 2 aromatic carbocycles. The second kappa shape index (κ2) is 5.33. The van der Waals surface area contributed by atoms with Crippen LogP contribution in [0.4, 0.5) is 4.39 Å². The minimum atomic E-state index is -0.528. The second-order valence-corrected chi connectivity index (χ2v) is 3.82. The SMILES string of the molecule is CCc1ccccc1Oc1ccc(C#N)cc1F. The van der Waals surface area contributed by atoms with Crippen molar-refractivity contribution >= 4 is 0 Å². The van der Waals surface area contributed by atoms with Gasteiger partial charge in [0.1, 0.15) is 5.75 Å². The van der Waals surface area contributed by atoms with Gasteiger partial charge in [0.25, 0.3) is 0 Å². The maximum atomic E-state index is 13.7. The van der Waals surface area contributed by atoms with Gasteiger partial charge in [0, 0.05) is 0 Å². The molecule has 0 aromatic heterocycles. The van der Waals surface area contributed by atoms with Gasteiger partial charge in [0.15, 0.2) is 11.6 Å². The van der Waals surface area contributed by atoms with Crippen LogP contribution in [0.3, 0.4) is 0 Å². The van der Waals surface area contributed by atoms with Gasteiger partial charge < -0.3 is 4.74 Å². The van der Waals surface area contributed by atoms with Crippen LogP contribution in [0.5, 0.6) is 11.5 Å². The topological polar surface area (TPSA) is 33.0 Å². The first kappa shape index (κ1) is 12.1. The van der Waals surface area contributed by atoms with Gasteiger partial charge in [-0.05, 0) is 36.2 Å². The standard InChI is InChI=1S/C15H12FNO/c1-2-12-5-3-4-6-14(12)18-15-8-7-11(10-17)9-13(15)16/h3-9H,2H2,1H3. The Hall–Kier alpha value is -2.34. The van der Waals surface area contributed by atoms with Crippen LogP contribution < -0.4 is 4.74 Å². The van der Waals surface area contributed by atoms with Crippen LogP contribution in [0, 0.1) is 17.1 Å². The second-order valence-electron chi connectivity index (χ2n) is 3.82. The maximum Gasteiger partial charge on any atom is 0.167 e. The lowest BCUT2D eigenvalue weighted by Gasteiger charge is -2.10. The minimum Gasteiger partial charge on any atom is -0.454 e. The third kappa shape index (κ3) is 2.49. The van der Waals surface area contributed by atoms with Gasteiger partial charge in [0.2, 0.25) is 0 Å². The first-order valence-electron chi connectivity index (χ1n) is 5.70. The van der Waals surface area contributed by atoms with Gasteiger partial charge in [-0.2, -0.15) is 5.26 Å². The molecule has 0 atom stereocenters. The number of halogens is 1. The zero-order valence-electron chi connectivity index (χ0n) is 9.98. The Bertz CT molecular complexity index is 602. The number of ether oxygens (including phenoxy) is 1. The first-order valence-corrected chi connectivity index (χ1v) is 5.70. The molecule has 0 heterocycles. The molecule has 0 bridgehead atoms. The summed E-state index contributed by atoms with van der Waals surface area (Å²) >= 11 is 0. The van der Waals surface area contributed by atoms with E-state index < -0.39 is 5.82 Å². The summed E-state index contributed by atoms with van der Waals surface area (Å²) in [6.45, 7) is 2.01. The van der Waals surface area contributed by atoms with Crippen LogP contribution >= 0.6 is 0 Å². The molecule has 0 N–H and O–H groups in total. The molecule has 0 saturated carbocycles. The zero-order chi connectivity index (χ0) is 13.0. The minimum absolute atomic E-state index is 0.134. The van der Waals surface area contributed by atoms with Crippen LogP contribution in [0.25, 0.3) is 0 Å². The number of benzene rings is 2. The van der Waals surface area contributed by atoms with Gasteiger partial charge >= 0.3 is 0 Å². The predicted octanol–water partition coefficient (Wildman–Crippen LogP) is 4.05. The van der Waals surface area contributed by atoms with Crippen molar-refractivity contribution in [3.63, 3.8) is 0 Å². The van der Waals surface area contributed by atoms with Crippen LogP contribution in [0.2, 0.25) is 0 Å². The Morgan fingerprint density at radius 2 is 1.94 bits per heavy atom. The fourth-order valence-electron chi connectivity index (χ4n) is 1.67. The lowest BCUT2D eigenvalue weighted by Crippen LogP contribution is -1.93. The average molecular weight is 241 g/mol. The highest BCUT2D eigenvalue weighted by Gasteiger charge is 2.08.